The molecule has 5 nitrogen and oxygen atoms in total. The first-order valence-corrected chi connectivity index (χ1v) is 9.53. The van der Waals surface area contributed by atoms with Crippen molar-refractivity contribution in [2.75, 3.05) is 6.26 Å². The monoisotopic (exact) mass is 322 g/mol. The second-order valence-corrected chi connectivity index (χ2v) is 10.1. The molecule has 0 saturated carbocycles. The van der Waals surface area contributed by atoms with Gasteiger partial charge >= 0.3 is 0 Å². The van der Waals surface area contributed by atoms with Gasteiger partial charge in [-0.05, 0) is 27.2 Å². The van der Waals surface area contributed by atoms with E-state index in [0.29, 0.717) is 17.0 Å². The second-order valence-electron chi connectivity index (χ2n) is 5.02. The molecule has 0 N–H and O–H groups in total. The Balaban J connectivity index is 3.12. The van der Waals surface area contributed by atoms with Crippen molar-refractivity contribution in [2.24, 2.45) is 4.40 Å². The molecule has 108 valence electrons. The van der Waals surface area contributed by atoms with Gasteiger partial charge in [0.25, 0.3) is 0 Å². The van der Waals surface area contributed by atoms with E-state index in [0.717, 1.165) is 17.6 Å². The summed E-state index contributed by atoms with van der Waals surface area (Å²) in [7, 11) is -3.30. The molecule has 1 rings (SSSR count). The van der Waals surface area contributed by atoms with Crippen LogP contribution < -0.4 is 0 Å². The third-order valence-electron chi connectivity index (χ3n) is 2.14. The Morgan fingerprint density at radius 2 is 2.11 bits per heavy atom. The van der Waals surface area contributed by atoms with Crippen LogP contribution in [0.15, 0.2) is 14.9 Å². The van der Waals surface area contributed by atoms with E-state index in [1.165, 1.54) is 6.20 Å². The number of rotatable bonds is 4. The summed E-state index contributed by atoms with van der Waals surface area (Å²) in [6, 6.07) is 0. The predicted octanol–water partition coefficient (Wildman–Crippen LogP) is 2.21. The van der Waals surface area contributed by atoms with E-state index in [2.05, 4.69) is 9.38 Å². The average Bonchev–Trinajstić information content (AvgIpc) is 2.72. The molecule has 0 bridgehead atoms. The third kappa shape index (κ3) is 4.55. The second kappa shape index (κ2) is 5.90. The number of hydrogen-bond acceptors (Lipinski definition) is 6. The minimum atomic E-state index is -3.30. The highest BCUT2D eigenvalue weighted by Gasteiger charge is 2.27. The molecule has 0 aromatic carbocycles. The zero-order valence-corrected chi connectivity index (χ0v) is 14.1. The molecule has 1 heterocycles. The van der Waals surface area contributed by atoms with Crippen LogP contribution >= 0.6 is 11.3 Å². The molecule has 1 atom stereocenters. The fourth-order valence-electron chi connectivity index (χ4n) is 1.08. The lowest BCUT2D eigenvalue weighted by atomic mass is 10.3. The van der Waals surface area contributed by atoms with Crippen LogP contribution in [-0.2, 0) is 21.2 Å². The van der Waals surface area contributed by atoms with Gasteiger partial charge in [0, 0.05) is 12.5 Å². The maximum atomic E-state index is 12.0. The smallest absolute Gasteiger partial charge is 0.209 e. The number of hydrogen-bond donors (Lipinski definition) is 0. The van der Waals surface area contributed by atoms with Crippen LogP contribution in [0.25, 0.3) is 0 Å². The average molecular weight is 322 g/mol. The van der Waals surface area contributed by atoms with E-state index in [1.54, 1.807) is 0 Å². The Bertz CT molecular complexity index is 570. The summed E-state index contributed by atoms with van der Waals surface area (Å²) >= 11 is -0.301. The van der Waals surface area contributed by atoms with Gasteiger partial charge in [0.05, 0.1) is 4.88 Å². The van der Waals surface area contributed by atoms with Gasteiger partial charge in [-0.1, -0.05) is 11.3 Å². The quantitative estimate of drug-likeness (QED) is 0.628. The van der Waals surface area contributed by atoms with Gasteiger partial charge < -0.3 is 4.55 Å². The number of sulfone groups is 1. The molecule has 1 aromatic rings. The van der Waals surface area contributed by atoms with E-state index >= 15 is 0 Å². The van der Waals surface area contributed by atoms with Crippen molar-refractivity contribution >= 4 is 38.2 Å². The molecule has 0 unspecified atom stereocenters. The molecular weight excluding hydrogens is 304 g/mol. The van der Waals surface area contributed by atoms with Gasteiger partial charge in [0.15, 0.2) is 0 Å². The zero-order valence-electron chi connectivity index (χ0n) is 11.6. The Hall–Kier alpha value is -0.440. The van der Waals surface area contributed by atoms with Crippen LogP contribution in [0.2, 0.25) is 0 Å². The summed E-state index contributed by atoms with van der Waals surface area (Å²) in [6.07, 6.45) is 3.17. The van der Waals surface area contributed by atoms with Gasteiger partial charge in [0.1, 0.15) is 21.8 Å². The van der Waals surface area contributed by atoms with E-state index in [9.17, 15) is 13.0 Å². The lowest BCUT2D eigenvalue weighted by Crippen LogP contribution is -2.26. The van der Waals surface area contributed by atoms with E-state index in [1.807, 2.05) is 27.7 Å². The standard InChI is InChI=1S/C11H18N2O3S3/c1-6-8(13-18(14)11(2,3)4)9-7-12-10(17-9)19(5,15)16/h7H,6H2,1-5H3/b13-8-/t18-/m1/s1. The highest BCUT2D eigenvalue weighted by molar-refractivity contribution is 7.92. The van der Waals surface area contributed by atoms with Crippen LogP contribution in [0.1, 0.15) is 39.0 Å². The van der Waals surface area contributed by atoms with Crippen molar-refractivity contribution in [2.45, 2.75) is 43.2 Å². The van der Waals surface area contributed by atoms with E-state index in [4.69, 9.17) is 0 Å². The molecule has 1 aromatic heterocycles. The van der Waals surface area contributed by atoms with Crippen molar-refractivity contribution in [3.8, 4) is 0 Å². The molecule has 0 saturated heterocycles. The molecular formula is C11H18N2O3S3. The summed E-state index contributed by atoms with van der Waals surface area (Å²) in [5.74, 6) is 0. The maximum absolute atomic E-state index is 12.0. The van der Waals surface area contributed by atoms with Crippen molar-refractivity contribution in [1.29, 1.82) is 0 Å². The fraction of sp³-hybridized carbons (Fsp3) is 0.636. The highest BCUT2D eigenvalue weighted by Crippen LogP contribution is 2.23. The van der Waals surface area contributed by atoms with Crippen molar-refractivity contribution in [1.82, 2.24) is 4.98 Å². The normalized spacial score (nSPS) is 15.6. The Morgan fingerprint density at radius 1 is 1.53 bits per heavy atom. The van der Waals surface area contributed by atoms with Gasteiger partial charge in [0.2, 0.25) is 14.2 Å². The molecule has 19 heavy (non-hydrogen) atoms. The highest BCUT2D eigenvalue weighted by atomic mass is 32.2. The van der Waals surface area contributed by atoms with Gasteiger partial charge in [-0.25, -0.2) is 13.4 Å². The SMILES string of the molecule is CC/C(=N/[S@+]([O-])C(C)(C)C)c1cnc(S(C)(=O)=O)s1. The topological polar surface area (TPSA) is 82.4 Å². The Labute approximate surface area is 121 Å². The first kappa shape index (κ1) is 16.6. The summed E-state index contributed by atoms with van der Waals surface area (Å²) < 4.78 is 38.6. The van der Waals surface area contributed by atoms with Gasteiger partial charge in [-0.2, -0.15) is 0 Å². The number of nitrogens with zero attached hydrogens (tertiary/aromatic N) is 2. The van der Waals surface area contributed by atoms with Gasteiger partial charge in [-0.3, -0.25) is 0 Å². The molecule has 0 amide bonds. The largest absolute Gasteiger partial charge is 0.591 e. The minimum Gasteiger partial charge on any atom is -0.591 e. The summed E-state index contributed by atoms with van der Waals surface area (Å²) in [5.41, 5.74) is 0.626. The van der Waals surface area contributed by atoms with Crippen LogP contribution in [0.4, 0.5) is 0 Å². The van der Waals surface area contributed by atoms with E-state index < -0.39 is 25.9 Å². The fourth-order valence-corrected chi connectivity index (χ4v) is 3.67. The maximum Gasteiger partial charge on any atom is 0.209 e. The first-order chi connectivity index (χ1) is 8.55. The summed E-state index contributed by atoms with van der Waals surface area (Å²) in [6.45, 7) is 7.41. The molecule has 8 heteroatoms. The van der Waals surface area contributed by atoms with Crippen molar-refractivity contribution in [3.63, 3.8) is 0 Å². The molecule has 0 spiro atoms. The minimum absolute atomic E-state index is 0.0604. The first-order valence-electron chi connectivity index (χ1n) is 5.71. The molecule has 0 fully saturated rings. The molecule has 0 aliphatic carbocycles. The number of thiazole rings is 1. The van der Waals surface area contributed by atoms with Gasteiger partial charge in [-0.15, -0.1) is 11.3 Å². The Morgan fingerprint density at radius 3 is 2.47 bits per heavy atom. The molecule has 0 aliphatic rings. The third-order valence-corrected chi connectivity index (χ3v) is 6.31. The summed E-state index contributed by atoms with van der Waals surface area (Å²) in [5, 5.41) is 0. The van der Waals surface area contributed by atoms with Crippen molar-refractivity contribution in [3.05, 3.63) is 11.1 Å². The zero-order chi connectivity index (χ0) is 14.8. The van der Waals surface area contributed by atoms with Crippen LogP contribution in [-0.4, -0.2) is 34.7 Å². The predicted molar refractivity (Wildman–Crippen MR) is 79.9 cm³/mol. The summed E-state index contributed by atoms with van der Waals surface area (Å²) in [4.78, 5) is 4.53. The van der Waals surface area contributed by atoms with Crippen LogP contribution in [0.5, 0.6) is 0 Å². The number of aromatic nitrogens is 1. The molecule has 0 aliphatic heterocycles. The van der Waals surface area contributed by atoms with Crippen LogP contribution in [0.3, 0.4) is 0 Å². The van der Waals surface area contributed by atoms with E-state index in [-0.39, 0.29) is 4.34 Å². The van der Waals surface area contributed by atoms with Crippen LogP contribution in [0, 0.1) is 0 Å². The Kier molecular flexibility index (Phi) is 5.16. The lowest BCUT2D eigenvalue weighted by Gasteiger charge is -2.18. The molecule has 0 radical (unpaired) electrons. The lowest BCUT2D eigenvalue weighted by molar-refractivity contribution is 0.561. The van der Waals surface area contributed by atoms with Crippen molar-refractivity contribution < 1.29 is 13.0 Å².